The van der Waals surface area contributed by atoms with Gasteiger partial charge in [0.15, 0.2) is 0 Å². The maximum atomic E-state index is 10.5. The molecule has 1 rings (SSSR count). The number of nitrogens with zero attached hydrogens (tertiary/aromatic N) is 3. The average Bonchev–Trinajstić information content (AvgIpc) is 2.58. The molecule has 0 amide bonds. The number of hydrogen-bond acceptors (Lipinski definition) is 5. The average molecular weight is 231 g/mol. The summed E-state index contributed by atoms with van der Waals surface area (Å²) in [5, 5.41) is 21.4. The first-order valence-corrected chi connectivity index (χ1v) is 4.93. The van der Waals surface area contributed by atoms with Gasteiger partial charge >= 0.3 is 5.97 Å². The summed E-state index contributed by atoms with van der Waals surface area (Å²) in [4.78, 5) is 10.5. The molecule has 1 unspecified atom stereocenters. The van der Waals surface area contributed by atoms with Crippen LogP contribution < -0.4 is 5.32 Å². The van der Waals surface area contributed by atoms with Crippen LogP contribution in [0, 0.1) is 10.7 Å². The van der Waals surface area contributed by atoms with Crippen LogP contribution in [-0.4, -0.2) is 44.4 Å². The van der Waals surface area contributed by atoms with E-state index in [2.05, 4.69) is 20.8 Å². The van der Waals surface area contributed by atoms with Crippen LogP contribution in [0.4, 0.5) is 0 Å². The fourth-order valence-electron chi connectivity index (χ4n) is 0.955. The van der Waals surface area contributed by atoms with E-state index < -0.39 is 11.9 Å². The summed E-state index contributed by atoms with van der Waals surface area (Å²) in [6.45, 7) is 3.26. The zero-order chi connectivity index (χ0) is 11.3. The standard InChI is InChI=1S/C7H13N5O2S/c1-5(6(13)14)4-8-2-3-12-7(15)9-10-11-12/h5,8H,2-4H2,1H3,(H,13,14)(H,9,11,15). The first-order valence-electron chi connectivity index (χ1n) is 4.53. The first kappa shape index (κ1) is 11.8. The molecule has 8 heteroatoms. The third kappa shape index (κ3) is 3.76. The molecular formula is C7H13N5O2S. The first-order chi connectivity index (χ1) is 7.11. The molecule has 0 radical (unpaired) electrons. The Balaban J connectivity index is 2.20. The van der Waals surface area contributed by atoms with E-state index in [1.807, 2.05) is 0 Å². The van der Waals surface area contributed by atoms with Crippen LogP contribution in [0.25, 0.3) is 0 Å². The predicted molar refractivity (Wildman–Crippen MR) is 54.9 cm³/mol. The Morgan fingerprint density at radius 2 is 2.53 bits per heavy atom. The summed E-state index contributed by atoms with van der Waals surface area (Å²) in [5.74, 6) is -1.20. The van der Waals surface area contributed by atoms with Crippen LogP contribution in [0.1, 0.15) is 6.92 Å². The minimum absolute atomic E-state index is 0.393. The number of aromatic nitrogens is 4. The Bertz CT molecular complexity index is 373. The van der Waals surface area contributed by atoms with Gasteiger partial charge in [0.2, 0.25) is 4.77 Å². The van der Waals surface area contributed by atoms with Gasteiger partial charge in [-0.05, 0) is 22.6 Å². The Morgan fingerprint density at radius 1 is 1.80 bits per heavy atom. The van der Waals surface area contributed by atoms with E-state index in [1.165, 1.54) is 4.68 Å². The van der Waals surface area contributed by atoms with Crippen LogP contribution in [-0.2, 0) is 11.3 Å². The Kier molecular flexibility index (Phi) is 4.37. The van der Waals surface area contributed by atoms with Gasteiger partial charge in [0, 0.05) is 13.1 Å². The van der Waals surface area contributed by atoms with Gasteiger partial charge in [0.05, 0.1) is 12.5 Å². The summed E-state index contributed by atoms with van der Waals surface area (Å²) < 4.78 is 2.00. The van der Waals surface area contributed by atoms with E-state index >= 15 is 0 Å². The summed E-state index contributed by atoms with van der Waals surface area (Å²) in [7, 11) is 0. The fourth-order valence-corrected chi connectivity index (χ4v) is 1.12. The van der Waals surface area contributed by atoms with Crippen molar-refractivity contribution in [2.75, 3.05) is 13.1 Å². The zero-order valence-corrected chi connectivity index (χ0v) is 9.12. The lowest BCUT2D eigenvalue weighted by atomic mass is 10.2. The molecule has 1 heterocycles. The monoisotopic (exact) mass is 231 g/mol. The normalized spacial score (nSPS) is 12.6. The largest absolute Gasteiger partial charge is 0.481 e. The molecule has 0 aliphatic carbocycles. The summed E-state index contributed by atoms with van der Waals surface area (Å²) >= 11 is 4.89. The maximum Gasteiger partial charge on any atom is 0.307 e. The number of rotatable bonds is 6. The molecule has 0 spiro atoms. The smallest absolute Gasteiger partial charge is 0.307 e. The van der Waals surface area contributed by atoms with Crippen LogP contribution in [0.2, 0.25) is 0 Å². The van der Waals surface area contributed by atoms with E-state index in [-0.39, 0.29) is 0 Å². The van der Waals surface area contributed by atoms with Gasteiger partial charge < -0.3 is 10.4 Å². The number of H-pyrrole nitrogens is 1. The van der Waals surface area contributed by atoms with Crippen molar-refractivity contribution in [2.45, 2.75) is 13.5 Å². The highest BCUT2D eigenvalue weighted by atomic mass is 32.1. The topological polar surface area (TPSA) is 95.8 Å². The lowest BCUT2D eigenvalue weighted by molar-refractivity contribution is -0.140. The van der Waals surface area contributed by atoms with Gasteiger partial charge in [-0.25, -0.2) is 9.78 Å². The van der Waals surface area contributed by atoms with Gasteiger partial charge in [0.25, 0.3) is 0 Å². The van der Waals surface area contributed by atoms with Gasteiger partial charge in [0.1, 0.15) is 0 Å². The Morgan fingerprint density at radius 3 is 3.07 bits per heavy atom. The lowest BCUT2D eigenvalue weighted by Gasteiger charge is -2.07. The molecule has 7 nitrogen and oxygen atoms in total. The minimum atomic E-state index is -0.805. The fraction of sp³-hybridized carbons (Fsp3) is 0.714. The molecule has 1 aromatic rings. The highest BCUT2D eigenvalue weighted by Gasteiger charge is 2.09. The van der Waals surface area contributed by atoms with Crippen molar-refractivity contribution in [3.8, 4) is 0 Å². The number of carboxylic acids is 1. The summed E-state index contributed by atoms with van der Waals surface area (Å²) in [6.07, 6.45) is 0. The quantitative estimate of drug-likeness (QED) is 0.457. The van der Waals surface area contributed by atoms with E-state index in [0.29, 0.717) is 24.4 Å². The molecule has 0 saturated carbocycles. The highest BCUT2D eigenvalue weighted by Crippen LogP contribution is 1.91. The highest BCUT2D eigenvalue weighted by molar-refractivity contribution is 7.71. The van der Waals surface area contributed by atoms with Gasteiger partial charge in [-0.3, -0.25) is 4.79 Å². The molecule has 15 heavy (non-hydrogen) atoms. The number of nitrogens with one attached hydrogen (secondary N) is 2. The number of tetrazole rings is 1. The van der Waals surface area contributed by atoms with Crippen molar-refractivity contribution in [2.24, 2.45) is 5.92 Å². The van der Waals surface area contributed by atoms with Crippen molar-refractivity contribution in [1.82, 2.24) is 25.5 Å². The van der Waals surface area contributed by atoms with Gasteiger partial charge in [-0.15, -0.1) is 0 Å². The Labute approximate surface area is 91.5 Å². The number of carboxylic acid groups (broad SMARTS) is 1. The van der Waals surface area contributed by atoms with Crippen LogP contribution in [0.5, 0.6) is 0 Å². The number of aliphatic carboxylic acids is 1. The minimum Gasteiger partial charge on any atom is -0.481 e. The van der Waals surface area contributed by atoms with Crippen molar-refractivity contribution in [3.05, 3.63) is 4.77 Å². The Hall–Kier alpha value is -1.28. The van der Waals surface area contributed by atoms with Crippen molar-refractivity contribution >= 4 is 18.2 Å². The second-order valence-corrected chi connectivity index (χ2v) is 3.56. The molecule has 0 aliphatic heterocycles. The zero-order valence-electron chi connectivity index (χ0n) is 8.30. The molecule has 0 aromatic carbocycles. The predicted octanol–water partition coefficient (Wildman–Crippen LogP) is -0.354. The van der Waals surface area contributed by atoms with Crippen molar-refractivity contribution < 1.29 is 9.90 Å². The molecule has 0 saturated heterocycles. The molecular weight excluding hydrogens is 218 g/mol. The molecule has 1 atom stereocenters. The van der Waals surface area contributed by atoms with Crippen LogP contribution in [0.3, 0.4) is 0 Å². The number of aromatic amines is 1. The molecule has 0 bridgehead atoms. The van der Waals surface area contributed by atoms with E-state index in [9.17, 15) is 4.79 Å². The third-order valence-electron chi connectivity index (χ3n) is 1.91. The second kappa shape index (κ2) is 5.56. The molecule has 0 aliphatic rings. The summed E-state index contributed by atoms with van der Waals surface area (Å²) in [6, 6.07) is 0. The molecule has 0 fully saturated rings. The number of hydrogen-bond donors (Lipinski definition) is 3. The third-order valence-corrected chi connectivity index (χ3v) is 2.21. The SMILES string of the molecule is CC(CNCCn1nn[nH]c1=S)C(=O)O. The van der Waals surface area contributed by atoms with Crippen LogP contribution in [0.15, 0.2) is 0 Å². The molecule has 3 N–H and O–H groups in total. The van der Waals surface area contributed by atoms with E-state index in [0.717, 1.165) is 0 Å². The summed E-state index contributed by atoms with van der Waals surface area (Å²) in [5.41, 5.74) is 0. The number of carbonyl (C=O) groups is 1. The van der Waals surface area contributed by atoms with Gasteiger partial charge in [-0.2, -0.15) is 0 Å². The van der Waals surface area contributed by atoms with E-state index in [4.69, 9.17) is 17.3 Å². The van der Waals surface area contributed by atoms with Crippen molar-refractivity contribution in [3.63, 3.8) is 0 Å². The van der Waals surface area contributed by atoms with Gasteiger partial charge in [-0.1, -0.05) is 6.92 Å². The van der Waals surface area contributed by atoms with Crippen molar-refractivity contribution in [1.29, 1.82) is 0 Å². The second-order valence-electron chi connectivity index (χ2n) is 3.17. The molecule has 84 valence electrons. The maximum absolute atomic E-state index is 10.5. The van der Waals surface area contributed by atoms with Crippen LogP contribution >= 0.6 is 12.2 Å². The van der Waals surface area contributed by atoms with E-state index in [1.54, 1.807) is 6.92 Å². The molecule has 1 aromatic heterocycles. The lowest BCUT2D eigenvalue weighted by Crippen LogP contribution is -2.29.